The fourth-order valence-corrected chi connectivity index (χ4v) is 2.53. The molecule has 6 nitrogen and oxygen atoms in total. The van der Waals surface area contributed by atoms with Crippen molar-refractivity contribution in [2.24, 2.45) is 10.3 Å². The van der Waals surface area contributed by atoms with Crippen molar-refractivity contribution in [2.45, 2.75) is 6.42 Å². The van der Waals surface area contributed by atoms with Gasteiger partial charge in [0.2, 0.25) is 0 Å². The van der Waals surface area contributed by atoms with Crippen LogP contribution in [-0.4, -0.2) is 12.4 Å². The van der Waals surface area contributed by atoms with E-state index >= 15 is 0 Å². The Morgan fingerprint density at radius 3 is 2.32 bits per heavy atom. The van der Waals surface area contributed by atoms with Gasteiger partial charge in [0, 0.05) is 12.1 Å². The number of nitrogens with one attached hydrogen (secondary N) is 3. The van der Waals surface area contributed by atoms with Crippen LogP contribution in [0.2, 0.25) is 0 Å². The molecular weight excluding hydrogens is 348 g/mol. The summed E-state index contributed by atoms with van der Waals surface area (Å²) < 4.78 is 0. The van der Waals surface area contributed by atoms with Crippen LogP contribution in [-0.2, 0) is 6.42 Å². The largest absolute Gasteiger partial charge is 0.370 e. The molecule has 0 aliphatic carbocycles. The zero-order valence-electron chi connectivity index (χ0n) is 15.3. The van der Waals surface area contributed by atoms with Crippen molar-refractivity contribution in [1.29, 1.82) is 10.7 Å². The minimum absolute atomic E-state index is 0.390. The first-order chi connectivity index (χ1) is 13.7. The van der Waals surface area contributed by atoms with E-state index in [0.717, 1.165) is 17.7 Å². The summed E-state index contributed by atoms with van der Waals surface area (Å²) >= 11 is 0. The maximum Gasteiger partial charge on any atom is 0.125 e. The molecule has 0 aromatic heterocycles. The first-order valence-corrected chi connectivity index (χ1v) is 8.88. The van der Waals surface area contributed by atoms with Gasteiger partial charge in [-0.3, -0.25) is 10.8 Å². The number of nitriles is 1. The van der Waals surface area contributed by atoms with Crippen molar-refractivity contribution in [3.8, 4) is 6.07 Å². The van der Waals surface area contributed by atoms with Gasteiger partial charge >= 0.3 is 0 Å². The Morgan fingerprint density at radius 2 is 1.64 bits per heavy atom. The Morgan fingerprint density at radius 1 is 0.929 bits per heavy atom. The van der Waals surface area contributed by atoms with Crippen LogP contribution >= 0.6 is 0 Å². The van der Waals surface area contributed by atoms with Crippen LogP contribution in [0.3, 0.4) is 0 Å². The monoisotopic (exact) mass is 368 g/mol. The lowest BCUT2D eigenvalue weighted by molar-refractivity contribution is 0.862. The van der Waals surface area contributed by atoms with E-state index in [1.807, 2.05) is 42.5 Å². The van der Waals surface area contributed by atoms with Gasteiger partial charge < -0.3 is 5.32 Å². The molecule has 0 saturated heterocycles. The van der Waals surface area contributed by atoms with Crippen molar-refractivity contribution in [1.82, 2.24) is 5.32 Å². The van der Waals surface area contributed by atoms with Gasteiger partial charge in [-0.1, -0.05) is 35.6 Å². The zero-order valence-corrected chi connectivity index (χ0v) is 15.3. The summed E-state index contributed by atoms with van der Waals surface area (Å²) in [7, 11) is 0. The van der Waals surface area contributed by atoms with Gasteiger partial charge in [0.15, 0.2) is 0 Å². The summed E-state index contributed by atoms with van der Waals surface area (Å²) in [4.78, 5) is 0. The second kappa shape index (κ2) is 9.64. The molecular formula is C22H20N6. The van der Waals surface area contributed by atoms with Crippen molar-refractivity contribution in [3.63, 3.8) is 0 Å². The van der Waals surface area contributed by atoms with Gasteiger partial charge in [0.25, 0.3) is 0 Å². The molecule has 6 heteroatoms. The second-order valence-corrected chi connectivity index (χ2v) is 6.09. The fourth-order valence-electron chi connectivity index (χ4n) is 2.53. The first-order valence-electron chi connectivity index (χ1n) is 8.88. The second-order valence-electron chi connectivity index (χ2n) is 6.09. The Labute approximate surface area is 164 Å². The summed E-state index contributed by atoms with van der Waals surface area (Å²) in [5.41, 5.74) is 6.93. The Hall–Kier alpha value is -3.98. The molecule has 28 heavy (non-hydrogen) atoms. The normalized spacial score (nSPS) is 10.4. The molecule has 0 amide bonds. The fraction of sp³-hybridized carbons (Fsp3) is 0.0909. The third kappa shape index (κ3) is 5.51. The van der Waals surface area contributed by atoms with E-state index in [0.29, 0.717) is 23.6 Å². The van der Waals surface area contributed by atoms with E-state index in [9.17, 15) is 0 Å². The molecule has 0 aliphatic rings. The molecule has 3 N–H and O–H groups in total. The molecule has 0 saturated carbocycles. The Bertz CT molecular complexity index is 970. The number of hydrogen-bond acceptors (Lipinski definition) is 4. The highest BCUT2D eigenvalue weighted by Crippen LogP contribution is 2.14. The van der Waals surface area contributed by atoms with E-state index < -0.39 is 0 Å². The number of nitrogens with zero attached hydrogens (tertiary/aromatic N) is 3. The molecule has 0 fully saturated rings. The number of anilines is 1. The number of benzene rings is 3. The third-order valence-corrected chi connectivity index (χ3v) is 4.07. The molecule has 0 atom stereocenters. The average molecular weight is 368 g/mol. The SMILES string of the molecule is N#Cc1ccc(/N=N/Nc2ccc(C(=N)NCCc3ccccc3)cc2)cc1. The smallest absolute Gasteiger partial charge is 0.125 e. The van der Waals surface area contributed by atoms with Gasteiger partial charge in [0.1, 0.15) is 5.84 Å². The quantitative estimate of drug-likeness (QED) is 0.241. The molecule has 0 aliphatic heterocycles. The van der Waals surface area contributed by atoms with E-state index in [-0.39, 0.29) is 0 Å². The third-order valence-electron chi connectivity index (χ3n) is 4.07. The van der Waals surface area contributed by atoms with E-state index in [1.54, 1.807) is 24.3 Å². The zero-order chi connectivity index (χ0) is 19.6. The molecule has 3 rings (SSSR count). The Balaban J connectivity index is 1.47. The highest BCUT2D eigenvalue weighted by atomic mass is 15.4. The highest BCUT2D eigenvalue weighted by molar-refractivity contribution is 5.96. The summed E-state index contributed by atoms with van der Waals surface area (Å²) in [5.74, 6) is 0.390. The minimum Gasteiger partial charge on any atom is -0.370 e. The summed E-state index contributed by atoms with van der Waals surface area (Å²) in [6, 6.07) is 26.5. The molecule has 3 aromatic rings. The topological polar surface area (TPSA) is 96.4 Å². The van der Waals surface area contributed by atoms with Crippen molar-refractivity contribution >= 4 is 17.2 Å². The van der Waals surface area contributed by atoms with E-state index in [4.69, 9.17) is 10.7 Å². The summed E-state index contributed by atoms with van der Waals surface area (Å²) in [6.45, 7) is 0.710. The lowest BCUT2D eigenvalue weighted by Crippen LogP contribution is -2.25. The highest BCUT2D eigenvalue weighted by Gasteiger charge is 2.01. The van der Waals surface area contributed by atoms with Crippen LogP contribution < -0.4 is 10.7 Å². The lowest BCUT2D eigenvalue weighted by atomic mass is 10.1. The summed E-state index contributed by atoms with van der Waals surface area (Å²) in [6.07, 6.45) is 0.874. The molecule has 0 unspecified atom stereocenters. The molecule has 0 spiro atoms. The van der Waals surface area contributed by atoms with Crippen molar-refractivity contribution in [2.75, 3.05) is 12.0 Å². The number of amidine groups is 1. The van der Waals surface area contributed by atoms with Crippen LogP contribution in [0.25, 0.3) is 0 Å². The van der Waals surface area contributed by atoms with Crippen LogP contribution in [0, 0.1) is 16.7 Å². The Kier molecular flexibility index (Phi) is 6.48. The maximum atomic E-state index is 8.78. The standard InChI is InChI=1S/C22H20N6/c23-16-18-6-10-20(11-7-18)26-28-27-21-12-8-19(9-13-21)22(24)25-15-14-17-4-2-1-3-5-17/h1-13H,14-15H2,(H2,24,25)(H,26,27). The lowest BCUT2D eigenvalue weighted by Gasteiger charge is -2.09. The molecule has 0 heterocycles. The van der Waals surface area contributed by atoms with Crippen LogP contribution in [0.15, 0.2) is 89.2 Å². The minimum atomic E-state index is 0.390. The van der Waals surface area contributed by atoms with Gasteiger partial charge in [-0.2, -0.15) is 5.26 Å². The van der Waals surface area contributed by atoms with Crippen molar-refractivity contribution in [3.05, 3.63) is 95.6 Å². The predicted octanol–water partition coefficient (Wildman–Crippen LogP) is 4.83. The predicted molar refractivity (Wildman–Crippen MR) is 111 cm³/mol. The van der Waals surface area contributed by atoms with Gasteiger partial charge in [0.05, 0.1) is 23.0 Å². The molecule has 138 valence electrons. The number of hydrogen-bond donors (Lipinski definition) is 3. The van der Waals surface area contributed by atoms with Crippen LogP contribution in [0.1, 0.15) is 16.7 Å². The first kappa shape index (κ1) is 18.8. The van der Waals surface area contributed by atoms with Crippen LogP contribution in [0.5, 0.6) is 0 Å². The molecule has 3 aromatic carbocycles. The van der Waals surface area contributed by atoms with E-state index in [2.05, 4.69) is 39.3 Å². The average Bonchev–Trinajstić information content (AvgIpc) is 2.75. The van der Waals surface area contributed by atoms with E-state index in [1.165, 1.54) is 5.56 Å². The van der Waals surface area contributed by atoms with Gasteiger partial charge in [-0.25, -0.2) is 0 Å². The number of rotatable bonds is 7. The summed E-state index contributed by atoms with van der Waals surface area (Å²) in [5, 5.41) is 28.1. The molecule has 0 bridgehead atoms. The molecule has 0 radical (unpaired) electrons. The van der Waals surface area contributed by atoms with Crippen LogP contribution in [0.4, 0.5) is 11.4 Å². The van der Waals surface area contributed by atoms with Gasteiger partial charge in [-0.15, -0.1) is 5.11 Å². The van der Waals surface area contributed by atoms with Crippen molar-refractivity contribution < 1.29 is 0 Å². The maximum absolute atomic E-state index is 8.78. The van der Waals surface area contributed by atoms with Gasteiger partial charge in [-0.05, 0) is 60.5 Å².